The first-order valence-electron chi connectivity index (χ1n) is 5.17. The summed E-state index contributed by atoms with van der Waals surface area (Å²) in [7, 11) is 0. The van der Waals surface area contributed by atoms with Crippen molar-refractivity contribution in [3.8, 4) is 0 Å². The fourth-order valence-electron chi connectivity index (χ4n) is 1.70. The summed E-state index contributed by atoms with van der Waals surface area (Å²) in [6, 6.07) is 0. The van der Waals surface area contributed by atoms with Crippen LogP contribution in [0.25, 0.3) is 0 Å². The van der Waals surface area contributed by atoms with Gasteiger partial charge in [0.05, 0.1) is 6.61 Å². The Morgan fingerprint density at radius 3 is 2.57 bits per heavy atom. The molecule has 0 spiro atoms. The Bertz CT molecular complexity index is 209. The van der Waals surface area contributed by atoms with Crippen molar-refractivity contribution < 1.29 is 14.3 Å². The number of hydrogen-bond donors (Lipinski definition) is 1. The van der Waals surface area contributed by atoms with E-state index in [-0.39, 0.29) is 24.3 Å². The lowest BCUT2D eigenvalue weighted by atomic mass is 10.1. The zero-order valence-electron chi connectivity index (χ0n) is 8.54. The van der Waals surface area contributed by atoms with Crippen LogP contribution in [0.1, 0.15) is 32.6 Å². The van der Waals surface area contributed by atoms with E-state index in [1.54, 1.807) is 6.92 Å². The molecule has 0 aromatic carbocycles. The number of nitrogens with one attached hydrogen (secondary N) is 1. The third-order valence-corrected chi connectivity index (χ3v) is 2.44. The third kappa shape index (κ3) is 3.36. The van der Waals surface area contributed by atoms with Crippen molar-refractivity contribution in [3.05, 3.63) is 0 Å². The standard InChI is InChI=1S/C10H17NO3/c1-2-14-9(12)7-11-10(13)8-5-3-4-6-8/h8H,2-7H2,1H3,(H,11,13). The highest BCUT2D eigenvalue weighted by atomic mass is 16.5. The zero-order chi connectivity index (χ0) is 10.4. The van der Waals surface area contributed by atoms with E-state index in [0.29, 0.717) is 6.61 Å². The first-order valence-corrected chi connectivity index (χ1v) is 5.17. The Hall–Kier alpha value is -1.06. The molecule has 1 rings (SSSR count). The Morgan fingerprint density at radius 1 is 1.36 bits per heavy atom. The second-order valence-corrected chi connectivity index (χ2v) is 3.50. The van der Waals surface area contributed by atoms with Gasteiger partial charge in [0.15, 0.2) is 0 Å². The van der Waals surface area contributed by atoms with Gasteiger partial charge in [0.25, 0.3) is 0 Å². The van der Waals surface area contributed by atoms with Gasteiger partial charge in [-0.05, 0) is 19.8 Å². The summed E-state index contributed by atoms with van der Waals surface area (Å²) in [4.78, 5) is 22.4. The molecular weight excluding hydrogens is 182 g/mol. The molecule has 0 unspecified atom stereocenters. The van der Waals surface area contributed by atoms with E-state index in [1.807, 2.05) is 0 Å². The van der Waals surface area contributed by atoms with E-state index in [2.05, 4.69) is 5.32 Å². The van der Waals surface area contributed by atoms with Crippen LogP contribution in [0, 0.1) is 5.92 Å². The lowest BCUT2D eigenvalue weighted by Gasteiger charge is -2.09. The van der Waals surface area contributed by atoms with Crippen molar-refractivity contribution in [2.45, 2.75) is 32.6 Å². The molecule has 1 aliphatic rings. The van der Waals surface area contributed by atoms with Crippen molar-refractivity contribution in [2.24, 2.45) is 5.92 Å². The van der Waals surface area contributed by atoms with Crippen LogP contribution >= 0.6 is 0 Å². The van der Waals surface area contributed by atoms with Crippen molar-refractivity contribution in [3.63, 3.8) is 0 Å². The van der Waals surface area contributed by atoms with Crippen molar-refractivity contribution >= 4 is 11.9 Å². The van der Waals surface area contributed by atoms with Gasteiger partial charge in [-0.25, -0.2) is 0 Å². The second-order valence-electron chi connectivity index (χ2n) is 3.50. The molecule has 14 heavy (non-hydrogen) atoms. The average molecular weight is 199 g/mol. The van der Waals surface area contributed by atoms with Crippen molar-refractivity contribution in [1.29, 1.82) is 0 Å². The van der Waals surface area contributed by atoms with Gasteiger partial charge in [-0.1, -0.05) is 12.8 Å². The lowest BCUT2D eigenvalue weighted by molar-refractivity contribution is -0.143. The summed E-state index contributed by atoms with van der Waals surface area (Å²) < 4.78 is 4.70. The molecule has 0 bridgehead atoms. The average Bonchev–Trinajstić information content (AvgIpc) is 2.67. The van der Waals surface area contributed by atoms with Crippen molar-refractivity contribution in [1.82, 2.24) is 5.32 Å². The number of amides is 1. The minimum absolute atomic E-state index is 0.00315. The highest BCUT2D eigenvalue weighted by Gasteiger charge is 2.22. The van der Waals surface area contributed by atoms with E-state index >= 15 is 0 Å². The van der Waals surface area contributed by atoms with Gasteiger partial charge in [-0.15, -0.1) is 0 Å². The van der Waals surface area contributed by atoms with Gasteiger partial charge in [0.2, 0.25) is 5.91 Å². The molecule has 0 aliphatic heterocycles. The van der Waals surface area contributed by atoms with Crippen LogP contribution < -0.4 is 5.32 Å². The minimum Gasteiger partial charge on any atom is -0.465 e. The quantitative estimate of drug-likeness (QED) is 0.683. The molecule has 0 aromatic rings. The molecule has 0 heterocycles. The molecule has 4 heteroatoms. The Kier molecular flexibility index (Phi) is 4.43. The van der Waals surface area contributed by atoms with E-state index in [1.165, 1.54) is 0 Å². The Balaban J connectivity index is 2.17. The molecule has 1 saturated carbocycles. The van der Waals surface area contributed by atoms with Crippen LogP contribution in [0.5, 0.6) is 0 Å². The van der Waals surface area contributed by atoms with Crippen molar-refractivity contribution in [2.75, 3.05) is 13.2 Å². The van der Waals surface area contributed by atoms with Crippen LogP contribution in [0.2, 0.25) is 0 Å². The van der Waals surface area contributed by atoms with Crippen LogP contribution in [0.15, 0.2) is 0 Å². The summed E-state index contributed by atoms with van der Waals surface area (Å²) in [6.45, 7) is 2.11. The summed E-state index contributed by atoms with van der Waals surface area (Å²) in [5, 5.41) is 2.60. The fraction of sp³-hybridized carbons (Fsp3) is 0.800. The molecule has 1 N–H and O–H groups in total. The second kappa shape index (κ2) is 5.62. The molecule has 1 fully saturated rings. The number of carbonyl (C=O) groups is 2. The minimum atomic E-state index is -0.362. The maximum atomic E-state index is 11.4. The highest BCUT2D eigenvalue weighted by Crippen LogP contribution is 2.24. The Morgan fingerprint density at radius 2 is 2.00 bits per heavy atom. The summed E-state index contributed by atoms with van der Waals surface area (Å²) in [6.07, 6.45) is 4.15. The number of esters is 1. The first-order chi connectivity index (χ1) is 6.74. The largest absolute Gasteiger partial charge is 0.465 e. The monoisotopic (exact) mass is 199 g/mol. The fourth-order valence-corrected chi connectivity index (χ4v) is 1.70. The molecule has 0 radical (unpaired) electrons. The van der Waals surface area contributed by atoms with Crippen LogP contribution in [-0.2, 0) is 14.3 Å². The van der Waals surface area contributed by atoms with Crippen LogP contribution in [0.4, 0.5) is 0 Å². The summed E-state index contributed by atoms with van der Waals surface area (Å²) >= 11 is 0. The van der Waals surface area contributed by atoms with E-state index in [0.717, 1.165) is 25.7 Å². The van der Waals surface area contributed by atoms with Gasteiger partial charge < -0.3 is 10.1 Å². The van der Waals surface area contributed by atoms with Gasteiger partial charge in [0.1, 0.15) is 6.54 Å². The van der Waals surface area contributed by atoms with E-state index in [4.69, 9.17) is 4.74 Å². The summed E-state index contributed by atoms with van der Waals surface area (Å²) in [5.74, 6) is -0.251. The highest BCUT2D eigenvalue weighted by molar-refractivity contribution is 5.83. The van der Waals surface area contributed by atoms with Gasteiger partial charge in [0, 0.05) is 5.92 Å². The molecule has 0 saturated heterocycles. The molecule has 0 atom stereocenters. The predicted molar refractivity (Wildman–Crippen MR) is 51.6 cm³/mol. The molecule has 0 aromatic heterocycles. The maximum Gasteiger partial charge on any atom is 0.325 e. The number of hydrogen-bond acceptors (Lipinski definition) is 3. The molecule has 1 aliphatic carbocycles. The molecule has 1 amide bonds. The number of ether oxygens (including phenoxy) is 1. The Labute approximate surface area is 84.0 Å². The topological polar surface area (TPSA) is 55.4 Å². The normalized spacial score (nSPS) is 16.6. The third-order valence-electron chi connectivity index (χ3n) is 2.44. The molecular formula is C10H17NO3. The van der Waals surface area contributed by atoms with Gasteiger partial charge in [-0.2, -0.15) is 0 Å². The smallest absolute Gasteiger partial charge is 0.325 e. The van der Waals surface area contributed by atoms with Crippen LogP contribution in [0.3, 0.4) is 0 Å². The SMILES string of the molecule is CCOC(=O)CNC(=O)C1CCCC1. The van der Waals surface area contributed by atoms with Crippen LogP contribution in [-0.4, -0.2) is 25.0 Å². The predicted octanol–water partition coefficient (Wildman–Crippen LogP) is 0.856. The number of rotatable bonds is 4. The van der Waals surface area contributed by atoms with E-state index < -0.39 is 0 Å². The first kappa shape index (κ1) is 11.0. The van der Waals surface area contributed by atoms with Gasteiger partial charge in [-0.3, -0.25) is 9.59 Å². The zero-order valence-corrected chi connectivity index (χ0v) is 8.54. The van der Waals surface area contributed by atoms with Gasteiger partial charge >= 0.3 is 5.97 Å². The maximum absolute atomic E-state index is 11.4. The van der Waals surface area contributed by atoms with E-state index in [9.17, 15) is 9.59 Å². The lowest BCUT2D eigenvalue weighted by Crippen LogP contribution is -2.34. The summed E-state index contributed by atoms with van der Waals surface area (Å²) in [5.41, 5.74) is 0. The molecule has 4 nitrogen and oxygen atoms in total. The number of carbonyl (C=O) groups excluding carboxylic acids is 2. The molecule has 80 valence electrons.